The van der Waals surface area contributed by atoms with Gasteiger partial charge in [0.15, 0.2) is 0 Å². The maximum absolute atomic E-state index is 11.2. The Morgan fingerprint density at radius 1 is 1.32 bits per heavy atom. The Labute approximate surface area is 143 Å². The third kappa shape index (κ3) is 3.29. The summed E-state index contributed by atoms with van der Waals surface area (Å²) in [6.07, 6.45) is 0.794. The second-order valence-corrected chi connectivity index (χ2v) is 8.27. The van der Waals surface area contributed by atoms with E-state index in [1.807, 2.05) is 30.3 Å². The maximum atomic E-state index is 11.2. The Kier molecular flexibility index (Phi) is 4.71. The molecule has 2 atom stereocenters. The molecule has 0 aromatic heterocycles. The highest BCUT2D eigenvalue weighted by Gasteiger charge is 2.26. The molecule has 0 fully saturated rings. The second kappa shape index (κ2) is 6.57. The van der Waals surface area contributed by atoms with Gasteiger partial charge in [0.2, 0.25) is 0 Å². The molecule has 5 heteroatoms. The van der Waals surface area contributed by atoms with Crippen molar-refractivity contribution in [3.63, 3.8) is 0 Å². The Hall–Kier alpha value is -1.10. The number of hydrogen-bond acceptors (Lipinski definition) is 3. The number of thioether (sulfide) groups is 1. The number of carbonyl (C=O) groups is 1. The van der Waals surface area contributed by atoms with E-state index in [0.29, 0.717) is 0 Å². The lowest BCUT2D eigenvalue weighted by Gasteiger charge is -2.19. The summed E-state index contributed by atoms with van der Waals surface area (Å²) >= 11 is 9.36. The molecule has 2 aromatic rings. The van der Waals surface area contributed by atoms with Gasteiger partial charge in [0.25, 0.3) is 0 Å². The summed E-state index contributed by atoms with van der Waals surface area (Å²) in [4.78, 5) is 13.6. The molecular weight excluding hydrogens is 336 g/mol. The van der Waals surface area contributed by atoms with E-state index in [1.165, 1.54) is 32.7 Å². The first-order valence-corrected chi connectivity index (χ1v) is 9.12. The second-order valence-electron chi connectivity index (χ2n) is 5.20. The van der Waals surface area contributed by atoms with Crippen molar-refractivity contribution in [2.75, 3.05) is 0 Å². The molecule has 1 heterocycles. The maximum Gasteiger partial charge on any atom is 0.316 e. The van der Waals surface area contributed by atoms with E-state index in [0.717, 1.165) is 11.4 Å². The zero-order valence-electron chi connectivity index (χ0n) is 12.0. The van der Waals surface area contributed by atoms with Gasteiger partial charge >= 0.3 is 5.97 Å². The van der Waals surface area contributed by atoms with Crippen LogP contribution in [0.5, 0.6) is 0 Å². The van der Waals surface area contributed by atoms with E-state index in [9.17, 15) is 9.90 Å². The molecule has 22 heavy (non-hydrogen) atoms. The van der Waals surface area contributed by atoms with Crippen molar-refractivity contribution >= 4 is 41.1 Å². The van der Waals surface area contributed by atoms with Crippen molar-refractivity contribution in [2.45, 2.75) is 33.6 Å². The van der Waals surface area contributed by atoms with Crippen molar-refractivity contribution < 1.29 is 9.90 Å². The number of carboxylic acid groups (broad SMARTS) is 1. The predicted molar refractivity (Wildman–Crippen MR) is 93.2 cm³/mol. The zero-order valence-corrected chi connectivity index (χ0v) is 14.3. The van der Waals surface area contributed by atoms with Gasteiger partial charge in [0.05, 0.1) is 0 Å². The van der Waals surface area contributed by atoms with E-state index in [1.54, 1.807) is 18.7 Å². The molecule has 0 spiro atoms. The molecule has 1 N–H and O–H groups in total. The molecule has 114 valence electrons. The first-order chi connectivity index (χ1) is 10.5. The van der Waals surface area contributed by atoms with E-state index < -0.39 is 11.2 Å². The summed E-state index contributed by atoms with van der Waals surface area (Å²) in [7, 11) is 0. The first-order valence-electron chi connectivity index (χ1n) is 6.98. The summed E-state index contributed by atoms with van der Waals surface area (Å²) in [6.45, 7) is 1.74. The van der Waals surface area contributed by atoms with E-state index in [-0.39, 0.29) is 5.25 Å². The molecule has 0 amide bonds. The van der Waals surface area contributed by atoms with Gasteiger partial charge in [-0.3, -0.25) is 4.79 Å². The molecule has 0 radical (unpaired) electrons. The standard InChI is InChI=1S/C17H15ClO2S2/c1-10(17(19)20)21-16-9-11-8-12(18)6-7-14(11)22-15-5-3-2-4-13(15)16/h2-8,10,16H,9H2,1H3,(H,19,20)/t10-,16+/m1/s1. The van der Waals surface area contributed by atoms with Crippen LogP contribution >= 0.6 is 35.1 Å². The summed E-state index contributed by atoms with van der Waals surface area (Å²) in [5.41, 5.74) is 2.39. The van der Waals surface area contributed by atoms with Crippen LogP contribution in [-0.2, 0) is 11.2 Å². The lowest BCUT2D eigenvalue weighted by molar-refractivity contribution is -0.136. The van der Waals surface area contributed by atoms with E-state index in [2.05, 4.69) is 12.1 Å². The highest BCUT2D eigenvalue weighted by atomic mass is 35.5. The van der Waals surface area contributed by atoms with Gasteiger partial charge in [0.1, 0.15) is 5.25 Å². The van der Waals surface area contributed by atoms with Gasteiger partial charge in [-0.25, -0.2) is 0 Å². The van der Waals surface area contributed by atoms with Crippen molar-refractivity contribution in [3.8, 4) is 0 Å². The van der Waals surface area contributed by atoms with Crippen LogP contribution in [0.2, 0.25) is 5.02 Å². The lowest BCUT2D eigenvalue weighted by Crippen LogP contribution is -2.14. The summed E-state index contributed by atoms with van der Waals surface area (Å²) in [5, 5.41) is 9.62. The topological polar surface area (TPSA) is 37.3 Å². The minimum Gasteiger partial charge on any atom is -0.480 e. The van der Waals surface area contributed by atoms with Gasteiger partial charge in [-0.1, -0.05) is 41.6 Å². The number of aliphatic carboxylic acids is 1. The van der Waals surface area contributed by atoms with Crippen molar-refractivity contribution in [1.29, 1.82) is 0 Å². The average molecular weight is 351 g/mol. The Bertz CT molecular complexity index is 718. The smallest absolute Gasteiger partial charge is 0.316 e. The van der Waals surface area contributed by atoms with Crippen LogP contribution in [0.25, 0.3) is 0 Å². The van der Waals surface area contributed by atoms with Crippen LogP contribution in [0, 0.1) is 0 Å². The van der Waals surface area contributed by atoms with Gasteiger partial charge in [-0.05, 0) is 48.7 Å². The number of fused-ring (bicyclic) bond motifs is 2. The summed E-state index contributed by atoms with van der Waals surface area (Å²) < 4.78 is 0. The van der Waals surface area contributed by atoms with Gasteiger partial charge in [-0.2, -0.15) is 0 Å². The van der Waals surface area contributed by atoms with Crippen LogP contribution in [0.4, 0.5) is 0 Å². The molecule has 0 unspecified atom stereocenters. The number of halogens is 1. The zero-order chi connectivity index (χ0) is 15.7. The summed E-state index contributed by atoms with van der Waals surface area (Å²) in [6, 6.07) is 14.2. The quantitative estimate of drug-likeness (QED) is 0.815. The van der Waals surface area contributed by atoms with Crippen molar-refractivity contribution in [3.05, 3.63) is 58.6 Å². The molecule has 3 rings (SSSR count). The van der Waals surface area contributed by atoms with Gasteiger partial charge < -0.3 is 5.11 Å². The number of rotatable bonds is 3. The van der Waals surface area contributed by atoms with Crippen LogP contribution in [0.15, 0.2) is 52.3 Å². The third-order valence-electron chi connectivity index (χ3n) is 3.63. The lowest BCUT2D eigenvalue weighted by atomic mass is 10.0. The van der Waals surface area contributed by atoms with Crippen molar-refractivity contribution in [1.82, 2.24) is 0 Å². The third-order valence-corrected chi connectivity index (χ3v) is 6.43. The van der Waals surface area contributed by atoms with Gasteiger partial charge in [-0.15, -0.1) is 11.8 Å². The minimum atomic E-state index is -0.773. The fourth-order valence-electron chi connectivity index (χ4n) is 2.50. The largest absolute Gasteiger partial charge is 0.480 e. The SMILES string of the molecule is C[C@@H](S[C@H]1Cc2cc(Cl)ccc2Sc2ccccc21)C(=O)O. The molecular formula is C17H15ClO2S2. The van der Waals surface area contributed by atoms with Crippen LogP contribution in [0.1, 0.15) is 23.3 Å². The Morgan fingerprint density at radius 3 is 2.86 bits per heavy atom. The highest BCUT2D eigenvalue weighted by molar-refractivity contribution is 8.01. The molecule has 2 nitrogen and oxygen atoms in total. The number of hydrogen-bond donors (Lipinski definition) is 1. The molecule has 2 aromatic carbocycles. The van der Waals surface area contributed by atoms with Gasteiger partial charge in [0, 0.05) is 20.1 Å². The van der Waals surface area contributed by atoms with Crippen LogP contribution < -0.4 is 0 Å². The van der Waals surface area contributed by atoms with Crippen molar-refractivity contribution in [2.24, 2.45) is 0 Å². The normalized spacial score (nSPS) is 18.0. The molecule has 0 aliphatic carbocycles. The summed E-state index contributed by atoms with van der Waals surface area (Å²) in [5.74, 6) is -0.773. The minimum absolute atomic E-state index is 0.120. The fourth-order valence-corrected chi connectivity index (χ4v) is 5.13. The molecule has 0 saturated carbocycles. The monoisotopic (exact) mass is 350 g/mol. The average Bonchev–Trinajstić information content (AvgIpc) is 2.63. The first kappa shape index (κ1) is 15.8. The Morgan fingerprint density at radius 2 is 2.09 bits per heavy atom. The number of carboxylic acids is 1. The van der Waals surface area contributed by atoms with E-state index >= 15 is 0 Å². The molecule has 1 aliphatic heterocycles. The molecule has 0 bridgehead atoms. The predicted octanol–water partition coefficient (Wildman–Crippen LogP) is 5.29. The highest BCUT2D eigenvalue weighted by Crippen LogP contribution is 2.47. The number of benzene rings is 2. The fraction of sp³-hybridized carbons (Fsp3) is 0.235. The molecule has 1 aliphatic rings. The van der Waals surface area contributed by atoms with E-state index in [4.69, 9.17) is 11.6 Å². The van der Waals surface area contributed by atoms with Crippen LogP contribution in [-0.4, -0.2) is 16.3 Å². The Balaban J connectivity index is 2.02. The van der Waals surface area contributed by atoms with Crippen LogP contribution in [0.3, 0.4) is 0 Å². The molecule has 0 saturated heterocycles.